The van der Waals surface area contributed by atoms with Gasteiger partial charge in [0.05, 0.1) is 27.5 Å². The van der Waals surface area contributed by atoms with Crippen molar-refractivity contribution < 1.29 is 14.3 Å². The summed E-state index contributed by atoms with van der Waals surface area (Å²) < 4.78 is 12.6. The number of nitrogens with one attached hydrogen (secondary N) is 1. The van der Waals surface area contributed by atoms with Gasteiger partial charge in [0.25, 0.3) is 5.91 Å². The predicted octanol–water partition coefficient (Wildman–Crippen LogP) is 6.76. The van der Waals surface area contributed by atoms with Crippen LogP contribution in [-0.2, 0) is 6.61 Å². The number of rotatable bonds is 7. The lowest BCUT2D eigenvalue weighted by Gasteiger charge is -2.14. The fourth-order valence-electron chi connectivity index (χ4n) is 3.55. The molecule has 4 aromatic rings. The van der Waals surface area contributed by atoms with Crippen molar-refractivity contribution in [1.29, 1.82) is 0 Å². The standard InChI is InChI=1S/C27H22ClIN2O3/c1-17-10-11-22(23(28)12-17)27(32)31-30-15-18-13-24(29)26(25(14-18)33-2)34-16-20-8-5-7-19-6-3-4-9-21(19)20/h3-15H,16H2,1-2H3,(H,31,32)/b30-15-. The molecule has 172 valence electrons. The normalized spacial score (nSPS) is 11.1. The van der Waals surface area contributed by atoms with Gasteiger partial charge in [0.1, 0.15) is 6.61 Å². The maximum atomic E-state index is 12.4. The van der Waals surface area contributed by atoms with Gasteiger partial charge in [0, 0.05) is 0 Å². The van der Waals surface area contributed by atoms with Gasteiger partial charge < -0.3 is 9.47 Å². The van der Waals surface area contributed by atoms with Gasteiger partial charge in [-0.15, -0.1) is 0 Å². The molecule has 34 heavy (non-hydrogen) atoms. The SMILES string of the molecule is COc1cc(/C=N\NC(=O)c2ccc(C)cc2Cl)cc(I)c1OCc1cccc2ccccc12. The molecule has 0 unspecified atom stereocenters. The molecule has 0 aromatic heterocycles. The highest BCUT2D eigenvalue weighted by Crippen LogP contribution is 2.34. The minimum atomic E-state index is -0.377. The number of carbonyl (C=O) groups excluding carboxylic acids is 1. The molecule has 5 nitrogen and oxygen atoms in total. The summed E-state index contributed by atoms with van der Waals surface area (Å²) in [6.07, 6.45) is 1.55. The van der Waals surface area contributed by atoms with Crippen LogP contribution in [0.5, 0.6) is 11.5 Å². The van der Waals surface area contributed by atoms with E-state index in [-0.39, 0.29) is 5.91 Å². The molecule has 0 saturated carbocycles. The van der Waals surface area contributed by atoms with Crippen molar-refractivity contribution in [2.24, 2.45) is 5.10 Å². The second kappa shape index (κ2) is 10.9. The Labute approximate surface area is 216 Å². The maximum absolute atomic E-state index is 12.4. The van der Waals surface area contributed by atoms with Gasteiger partial charge >= 0.3 is 0 Å². The van der Waals surface area contributed by atoms with Crippen LogP contribution in [0.2, 0.25) is 5.02 Å². The first-order valence-corrected chi connectivity index (χ1v) is 12.0. The Kier molecular flexibility index (Phi) is 7.70. The van der Waals surface area contributed by atoms with Gasteiger partial charge in [-0.05, 0) is 81.2 Å². The van der Waals surface area contributed by atoms with Crippen molar-refractivity contribution in [2.75, 3.05) is 7.11 Å². The molecule has 1 amide bonds. The molecule has 4 rings (SSSR count). The zero-order valence-electron chi connectivity index (χ0n) is 18.6. The van der Waals surface area contributed by atoms with Crippen LogP contribution in [0, 0.1) is 10.5 Å². The number of hydrazone groups is 1. The molecule has 0 bridgehead atoms. The van der Waals surface area contributed by atoms with Gasteiger partial charge in [0.15, 0.2) is 11.5 Å². The topological polar surface area (TPSA) is 59.9 Å². The lowest BCUT2D eigenvalue weighted by molar-refractivity contribution is 0.0955. The van der Waals surface area contributed by atoms with Crippen molar-refractivity contribution in [3.05, 3.63) is 104 Å². The summed E-state index contributed by atoms with van der Waals surface area (Å²) in [6, 6.07) is 23.4. The molecule has 0 aliphatic rings. The summed E-state index contributed by atoms with van der Waals surface area (Å²) in [7, 11) is 1.60. The molecule has 0 fully saturated rings. The molecule has 0 aliphatic carbocycles. The molecule has 0 aliphatic heterocycles. The van der Waals surface area contributed by atoms with Gasteiger partial charge in [-0.3, -0.25) is 4.79 Å². The number of fused-ring (bicyclic) bond motifs is 1. The number of halogens is 2. The summed E-state index contributed by atoms with van der Waals surface area (Å²) in [5.41, 5.74) is 5.72. The molecule has 0 radical (unpaired) electrons. The average Bonchev–Trinajstić information content (AvgIpc) is 2.83. The van der Waals surface area contributed by atoms with Crippen molar-refractivity contribution >= 4 is 57.1 Å². The molecule has 7 heteroatoms. The lowest BCUT2D eigenvalue weighted by Crippen LogP contribution is -2.18. The number of methoxy groups -OCH3 is 1. The Morgan fingerprint density at radius 1 is 1.09 bits per heavy atom. The van der Waals surface area contributed by atoms with Crippen molar-refractivity contribution in [2.45, 2.75) is 13.5 Å². The molecule has 4 aromatic carbocycles. The van der Waals surface area contributed by atoms with Crippen molar-refractivity contribution in [3.63, 3.8) is 0 Å². The van der Waals surface area contributed by atoms with Gasteiger partial charge in [-0.1, -0.05) is 60.1 Å². The van der Waals surface area contributed by atoms with E-state index in [1.807, 2.05) is 43.3 Å². The van der Waals surface area contributed by atoms with Crippen molar-refractivity contribution in [1.82, 2.24) is 5.43 Å². The number of hydrogen-bond acceptors (Lipinski definition) is 4. The third-order valence-corrected chi connectivity index (χ3v) is 6.37. The highest BCUT2D eigenvalue weighted by molar-refractivity contribution is 14.1. The fourth-order valence-corrected chi connectivity index (χ4v) is 4.65. The Morgan fingerprint density at radius 2 is 1.88 bits per heavy atom. The van der Waals surface area contributed by atoms with Crippen LogP contribution in [0.1, 0.15) is 27.0 Å². The minimum absolute atomic E-state index is 0.369. The number of nitrogens with zero attached hydrogens (tertiary/aromatic N) is 1. The first kappa shape index (κ1) is 24.0. The van der Waals surface area contributed by atoms with E-state index in [2.05, 4.69) is 57.4 Å². The molecule has 0 atom stereocenters. The molecule has 0 heterocycles. The second-order valence-electron chi connectivity index (χ2n) is 7.64. The number of benzene rings is 4. The van der Waals surface area contributed by atoms with Crippen molar-refractivity contribution in [3.8, 4) is 11.5 Å². The van der Waals surface area contributed by atoms with E-state index in [0.29, 0.717) is 28.7 Å². The number of aryl methyl sites for hydroxylation is 1. The third-order valence-electron chi connectivity index (χ3n) is 5.25. The number of hydrogen-bond donors (Lipinski definition) is 1. The first-order chi connectivity index (χ1) is 16.5. The van der Waals surface area contributed by atoms with E-state index in [9.17, 15) is 4.79 Å². The van der Waals surface area contributed by atoms with Gasteiger partial charge in [-0.2, -0.15) is 5.10 Å². The molecular weight excluding hydrogens is 563 g/mol. The summed E-state index contributed by atoms with van der Waals surface area (Å²) >= 11 is 8.37. The van der Waals surface area contributed by atoms with E-state index >= 15 is 0 Å². The summed E-state index contributed by atoms with van der Waals surface area (Å²) in [6.45, 7) is 2.32. The summed E-state index contributed by atoms with van der Waals surface area (Å²) in [5, 5.41) is 6.79. The van der Waals surface area contributed by atoms with E-state index in [4.69, 9.17) is 21.1 Å². The Balaban J connectivity index is 1.48. The Bertz CT molecular complexity index is 1380. The van der Waals surface area contributed by atoms with E-state index in [1.54, 1.807) is 25.5 Å². The van der Waals surface area contributed by atoms with Crippen LogP contribution < -0.4 is 14.9 Å². The quantitative estimate of drug-likeness (QED) is 0.148. The third kappa shape index (κ3) is 5.51. The maximum Gasteiger partial charge on any atom is 0.272 e. The highest BCUT2D eigenvalue weighted by Gasteiger charge is 2.13. The van der Waals surface area contributed by atoms with Crippen LogP contribution in [-0.4, -0.2) is 19.2 Å². The summed E-state index contributed by atoms with van der Waals surface area (Å²) in [4.78, 5) is 12.4. The predicted molar refractivity (Wildman–Crippen MR) is 145 cm³/mol. The molecule has 0 spiro atoms. The number of amides is 1. The van der Waals surface area contributed by atoms with Gasteiger partial charge in [0.2, 0.25) is 0 Å². The van der Waals surface area contributed by atoms with E-state index < -0.39 is 0 Å². The van der Waals surface area contributed by atoms with E-state index in [1.165, 1.54) is 5.39 Å². The largest absolute Gasteiger partial charge is 0.493 e. The monoisotopic (exact) mass is 584 g/mol. The summed E-state index contributed by atoms with van der Waals surface area (Å²) in [5.74, 6) is 0.864. The van der Waals surface area contributed by atoms with Crippen LogP contribution in [0.15, 0.2) is 77.9 Å². The minimum Gasteiger partial charge on any atom is -0.493 e. The van der Waals surface area contributed by atoms with Gasteiger partial charge in [-0.25, -0.2) is 5.43 Å². The molecule has 1 N–H and O–H groups in total. The van der Waals surface area contributed by atoms with E-state index in [0.717, 1.165) is 25.6 Å². The van der Waals surface area contributed by atoms with Crippen LogP contribution in [0.25, 0.3) is 10.8 Å². The first-order valence-electron chi connectivity index (χ1n) is 10.5. The number of ether oxygens (including phenoxy) is 2. The zero-order valence-corrected chi connectivity index (χ0v) is 21.6. The lowest BCUT2D eigenvalue weighted by atomic mass is 10.1. The zero-order chi connectivity index (χ0) is 24.1. The molecular formula is C27H22ClIN2O3. The smallest absolute Gasteiger partial charge is 0.272 e. The highest BCUT2D eigenvalue weighted by atomic mass is 127. The Morgan fingerprint density at radius 3 is 2.68 bits per heavy atom. The second-order valence-corrected chi connectivity index (χ2v) is 9.21. The molecule has 0 saturated heterocycles. The fraction of sp³-hybridized carbons (Fsp3) is 0.111. The van der Waals surface area contributed by atoms with Crippen LogP contribution >= 0.6 is 34.2 Å². The average molecular weight is 585 g/mol. The van der Waals surface area contributed by atoms with Crippen LogP contribution in [0.3, 0.4) is 0 Å². The number of carbonyl (C=O) groups is 1. The Hall–Kier alpha value is -3.10. The van der Waals surface area contributed by atoms with Crippen LogP contribution in [0.4, 0.5) is 0 Å².